The molecule has 1 atom stereocenters. The number of carbonyl (C=O) groups excluding carboxylic acids is 1. The summed E-state index contributed by atoms with van der Waals surface area (Å²) in [5.74, 6) is -1.00. The van der Waals surface area contributed by atoms with Crippen molar-refractivity contribution < 1.29 is 14.1 Å². The van der Waals surface area contributed by atoms with Gasteiger partial charge < -0.3 is 10.6 Å². The van der Waals surface area contributed by atoms with Crippen molar-refractivity contribution in [3.63, 3.8) is 0 Å². The summed E-state index contributed by atoms with van der Waals surface area (Å²) >= 11 is 0. The number of carbonyl (C=O) groups is 1. The number of piperidine rings is 1. The molecule has 0 aromatic heterocycles. The molecule has 6 nitrogen and oxygen atoms in total. The molecular weight excluding hydrogens is 277 g/mol. The molecule has 1 aromatic carbocycles. The topological polar surface area (TPSA) is 84.3 Å². The highest BCUT2D eigenvalue weighted by Gasteiger charge is 2.15. The highest BCUT2D eigenvalue weighted by molar-refractivity contribution is 5.91. The van der Waals surface area contributed by atoms with Crippen LogP contribution in [0.4, 0.5) is 15.8 Å². The van der Waals surface area contributed by atoms with Crippen molar-refractivity contribution in [1.29, 1.82) is 0 Å². The second kappa shape index (κ2) is 7.12. The van der Waals surface area contributed by atoms with Gasteiger partial charge in [0.1, 0.15) is 5.82 Å². The lowest BCUT2D eigenvalue weighted by atomic mass is 10.0. The van der Waals surface area contributed by atoms with E-state index in [4.69, 9.17) is 0 Å². The molecule has 1 aromatic rings. The van der Waals surface area contributed by atoms with E-state index in [1.54, 1.807) is 0 Å². The monoisotopic (exact) mass is 295 g/mol. The van der Waals surface area contributed by atoms with Gasteiger partial charge >= 0.3 is 0 Å². The molecule has 1 amide bonds. The molecule has 1 saturated heterocycles. The van der Waals surface area contributed by atoms with Gasteiger partial charge in [-0.3, -0.25) is 14.9 Å². The minimum atomic E-state index is -0.742. The third-order valence-electron chi connectivity index (χ3n) is 3.51. The number of hydrogen-bond donors (Lipinski definition) is 2. The summed E-state index contributed by atoms with van der Waals surface area (Å²) in [7, 11) is 0. The van der Waals surface area contributed by atoms with Gasteiger partial charge in [-0.15, -0.1) is 0 Å². The molecule has 1 aliphatic rings. The number of nitro groups is 1. The fraction of sp³-hybridized carbons (Fsp3) is 0.500. The van der Waals surface area contributed by atoms with Crippen LogP contribution in [0.15, 0.2) is 18.2 Å². The summed E-state index contributed by atoms with van der Waals surface area (Å²) in [4.78, 5) is 21.8. The number of rotatable bonds is 5. The van der Waals surface area contributed by atoms with Gasteiger partial charge in [-0.2, -0.15) is 0 Å². The molecule has 114 valence electrons. The smallest absolute Gasteiger partial charge is 0.274 e. The van der Waals surface area contributed by atoms with E-state index in [-0.39, 0.29) is 17.3 Å². The Morgan fingerprint density at radius 2 is 2.24 bits per heavy atom. The Balaban J connectivity index is 1.88. The number of anilines is 1. The summed E-state index contributed by atoms with van der Waals surface area (Å²) in [6.45, 7) is 0.975. The fourth-order valence-electron chi connectivity index (χ4n) is 2.45. The van der Waals surface area contributed by atoms with Crippen LogP contribution in [-0.4, -0.2) is 23.4 Å². The first-order chi connectivity index (χ1) is 10.0. The highest BCUT2D eigenvalue weighted by atomic mass is 19.1. The van der Waals surface area contributed by atoms with Crippen molar-refractivity contribution in [3.8, 4) is 0 Å². The van der Waals surface area contributed by atoms with Crippen molar-refractivity contribution in [2.75, 3.05) is 11.9 Å². The van der Waals surface area contributed by atoms with Gasteiger partial charge in [0.25, 0.3) is 5.69 Å². The zero-order valence-corrected chi connectivity index (χ0v) is 11.6. The van der Waals surface area contributed by atoms with Gasteiger partial charge in [-0.25, -0.2) is 4.39 Å². The summed E-state index contributed by atoms with van der Waals surface area (Å²) in [5, 5.41) is 16.5. The summed E-state index contributed by atoms with van der Waals surface area (Å²) in [6.07, 6.45) is 4.40. The van der Waals surface area contributed by atoms with E-state index < -0.39 is 10.7 Å². The van der Waals surface area contributed by atoms with E-state index in [1.165, 1.54) is 0 Å². The highest BCUT2D eigenvalue weighted by Crippen LogP contribution is 2.20. The van der Waals surface area contributed by atoms with Crippen LogP contribution >= 0.6 is 0 Å². The third-order valence-corrected chi connectivity index (χ3v) is 3.51. The average Bonchev–Trinajstić information content (AvgIpc) is 2.45. The van der Waals surface area contributed by atoms with Crippen LogP contribution in [0.5, 0.6) is 0 Å². The SMILES string of the molecule is O=C(CCC1CCCCN1)Nc1cc(F)cc([N+](=O)[O-])c1. The van der Waals surface area contributed by atoms with Crippen LogP contribution in [0.3, 0.4) is 0 Å². The second-order valence-electron chi connectivity index (χ2n) is 5.19. The van der Waals surface area contributed by atoms with Crippen molar-refractivity contribution in [2.24, 2.45) is 0 Å². The van der Waals surface area contributed by atoms with E-state index in [0.29, 0.717) is 18.9 Å². The van der Waals surface area contributed by atoms with Gasteiger partial charge in [0.05, 0.1) is 16.7 Å². The molecule has 0 radical (unpaired) electrons. The van der Waals surface area contributed by atoms with Gasteiger partial charge in [0.15, 0.2) is 0 Å². The molecule has 0 aliphatic carbocycles. The van der Waals surface area contributed by atoms with Crippen molar-refractivity contribution in [1.82, 2.24) is 5.32 Å². The van der Waals surface area contributed by atoms with Gasteiger partial charge in [0, 0.05) is 18.5 Å². The Labute approximate surface area is 121 Å². The maximum absolute atomic E-state index is 13.2. The molecule has 21 heavy (non-hydrogen) atoms. The maximum Gasteiger partial charge on any atom is 0.274 e. The minimum absolute atomic E-state index is 0.114. The second-order valence-corrected chi connectivity index (χ2v) is 5.19. The Kier molecular flexibility index (Phi) is 5.21. The van der Waals surface area contributed by atoms with Crippen LogP contribution in [0.1, 0.15) is 32.1 Å². The number of nitrogens with zero attached hydrogens (tertiary/aromatic N) is 1. The maximum atomic E-state index is 13.2. The molecule has 0 spiro atoms. The Morgan fingerprint density at radius 1 is 1.43 bits per heavy atom. The Bertz CT molecular complexity index is 530. The molecule has 0 saturated carbocycles. The molecule has 1 unspecified atom stereocenters. The van der Waals surface area contributed by atoms with Crippen molar-refractivity contribution in [3.05, 3.63) is 34.1 Å². The molecule has 2 rings (SSSR count). The first-order valence-corrected chi connectivity index (χ1v) is 7.03. The number of halogens is 1. The van der Waals surface area contributed by atoms with Crippen LogP contribution in [0, 0.1) is 15.9 Å². The average molecular weight is 295 g/mol. The predicted octanol–water partition coefficient (Wildman–Crippen LogP) is 2.59. The normalized spacial score (nSPS) is 18.2. The van der Waals surface area contributed by atoms with E-state index in [0.717, 1.165) is 44.0 Å². The molecule has 1 fully saturated rings. The first kappa shape index (κ1) is 15.4. The lowest BCUT2D eigenvalue weighted by Crippen LogP contribution is -2.34. The van der Waals surface area contributed by atoms with Crippen molar-refractivity contribution in [2.45, 2.75) is 38.1 Å². The number of nitro benzene ring substituents is 1. The van der Waals surface area contributed by atoms with E-state index in [9.17, 15) is 19.3 Å². The molecule has 2 N–H and O–H groups in total. The lowest BCUT2D eigenvalue weighted by Gasteiger charge is -2.23. The minimum Gasteiger partial charge on any atom is -0.326 e. The van der Waals surface area contributed by atoms with Crippen LogP contribution in [0.25, 0.3) is 0 Å². The van der Waals surface area contributed by atoms with E-state index in [2.05, 4.69) is 10.6 Å². The number of nitrogens with one attached hydrogen (secondary N) is 2. The number of amides is 1. The standard InChI is InChI=1S/C14H18FN3O3/c15-10-7-12(9-13(8-10)18(20)21)17-14(19)5-4-11-3-1-2-6-16-11/h7-9,11,16H,1-6H2,(H,17,19). The van der Waals surface area contributed by atoms with E-state index in [1.807, 2.05) is 0 Å². The molecular formula is C14H18FN3O3. The van der Waals surface area contributed by atoms with Gasteiger partial charge in [0.2, 0.25) is 5.91 Å². The largest absolute Gasteiger partial charge is 0.326 e. The Morgan fingerprint density at radius 3 is 2.90 bits per heavy atom. The number of non-ortho nitro benzene ring substituents is 1. The molecule has 7 heteroatoms. The molecule has 1 aliphatic heterocycles. The summed E-state index contributed by atoms with van der Waals surface area (Å²) < 4.78 is 13.2. The third kappa shape index (κ3) is 4.78. The number of benzene rings is 1. The molecule has 0 bridgehead atoms. The summed E-state index contributed by atoms with van der Waals surface area (Å²) in [5.41, 5.74) is -0.262. The fourth-order valence-corrected chi connectivity index (χ4v) is 2.45. The zero-order chi connectivity index (χ0) is 15.2. The predicted molar refractivity (Wildman–Crippen MR) is 76.6 cm³/mol. The Hall–Kier alpha value is -2.02. The van der Waals surface area contributed by atoms with Crippen LogP contribution < -0.4 is 10.6 Å². The number of hydrogen-bond acceptors (Lipinski definition) is 4. The summed E-state index contributed by atoms with van der Waals surface area (Å²) in [6, 6.07) is 3.39. The van der Waals surface area contributed by atoms with Crippen LogP contribution in [0.2, 0.25) is 0 Å². The zero-order valence-electron chi connectivity index (χ0n) is 11.6. The van der Waals surface area contributed by atoms with Crippen LogP contribution in [-0.2, 0) is 4.79 Å². The quantitative estimate of drug-likeness (QED) is 0.646. The first-order valence-electron chi connectivity index (χ1n) is 7.03. The van der Waals surface area contributed by atoms with Crippen molar-refractivity contribution >= 4 is 17.3 Å². The molecule has 1 heterocycles. The van der Waals surface area contributed by atoms with E-state index >= 15 is 0 Å². The van der Waals surface area contributed by atoms with Gasteiger partial charge in [-0.1, -0.05) is 6.42 Å². The van der Waals surface area contributed by atoms with Gasteiger partial charge in [-0.05, 0) is 31.9 Å². The lowest BCUT2D eigenvalue weighted by molar-refractivity contribution is -0.385.